The van der Waals surface area contributed by atoms with Gasteiger partial charge in [0.25, 0.3) is 5.91 Å². The standard InChI is InChI=1S/C14H23N3OS/c1-5-12-15-9(2)13(19-12)14(18)16-10-7-6-8-11(10)17(3)4/h10-11H,5-8H2,1-4H3,(H,16,18)/t10-,11-/m1/s1. The second-order valence-corrected chi connectivity index (χ2v) is 6.50. The number of carbonyl (C=O) groups excluding carboxylic acids is 1. The highest BCUT2D eigenvalue weighted by molar-refractivity contribution is 7.13. The number of nitrogens with zero attached hydrogens (tertiary/aromatic N) is 2. The lowest BCUT2D eigenvalue weighted by molar-refractivity contribution is 0.0922. The van der Waals surface area contributed by atoms with E-state index in [0.717, 1.165) is 28.4 Å². The molecule has 0 unspecified atom stereocenters. The van der Waals surface area contributed by atoms with Crippen molar-refractivity contribution in [1.82, 2.24) is 15.2 Å². The Morgan fingerprint density at radius 3 is 2.79 bits per heavy atom. The van der Waals surface area contributed by atoms with Crippen LogP contribution >= 0.6 is 11.3 Å². The zero-order chi connectivity index (χ0) is 14.0. The minimum Gasteiger partial charge on any atom is -0.347 e. The van der Waals surface area contributed by atoms with Crippen molar-refractivity contribution in [3.05, 3.63) is 15.6 Å². The Labute approximate surface area is 119 Å². The minimum absolute atomic E-state index is 0.0495. The third-order valence-electron chi connectivity index (χ3n) is 3.81. The molecule has 0 spiro atoms. The van der Waals surface area contributed by atoms with E-state index in [9.17, 15) is 4.79 Å². The van der Waals surface area contributed by atoms with Crippen LogP contribution in [0.2, 0.25) is 0 Å². The second kappa shape index (κ2) is 6.01. The van der Waals surface area contributed by atoms with Crippen LogP contribution in [0.1, 0.15) is 46.6 Å². The molecule has 1 amide bonds. The molecule has 4 nitrogen and oxygen atoms in total. The van der Waals surface area contributed by atoms with Crippen molar-refractivity contribution in [1.29, 1.82) is 0 Å². The predicted molar refractivity (Wildman–Crippen MR) is 78.8 cm³/mol. The first-order valence-corrected chi connectivity index (χ1v) is 7.78. The van der Waals surface area contributed by atoms with Gasteiger partial charge in [0, 0.05) is 12.1 Å². The first-order chi connectivity index (χ1) is 9.02. The quantitative estimate of drug-likeness (QED) is 0.920. The monoisotopic (exact) mass is 281 g/mol. The van der Waals surface area contributed by atoms with Crippen LogP contribution in [-0.2, 0) is 6.42 Å². The van der Waals surface area contributed by atoms with E-state index in [-0.39, 0.29) is 11.9 Å². The molecule has 1 aromatic heterocycles. The van der Waals surface area contributed by atoms with Crippen molar-refractivity contribution >= 4 is 17.2 Å². The van der Waals surface area contributed by atoms with E-state index in [1.165, 1.54) is 24.2 Å². The predicted octanol–water partition coefficient (Wildman–Crippen LogP) is 2.23. The molecule has 1 aromatic rings. The molecule has 1 saturated carbocycles. The van der Waals surface area contributed by atoms with Crippen LogP contribution in [0.5, 0.6) is 0 Å². The van der Waals surface area contributed by atoms with Gasteiger partial charge in [-0.15, -0.1) is 11.3 Å². The molecule has 1 aliphatic carbocycles. The van der Waals surface area contributed by atoms with E-state index < -0.39 is 0 Å². The lowest BCUT2D eigenvalue weighted by atomic mass is 10.1. The lowest BCUT2D eigenvalue weighted by Gasteiger charge is -2.26. The van der Waals surface area contributed by atoms with E-state index in [0.29, 0.717) is 6.04 Å². The highest BCUT2D eigenvalue weighted by Gasteiger charge is 2.30. The number of nitrogens with one attached hydrogen (secondary N) is 1. The summed E-state index contributed by atoms with van der Waals surface area (Å²) in [5, 5.41) is 4.23. The molecule has 0 saturated heterocycles. The molecule has 106 valence electrons. The van der Waals surface area contributed by atoms with E-state index in [1.807, 2.05) is 6.92 Å². The Kier molecular flexibility index (Phi) is 4.58. The van der Waals surface area contributed by atoms with Crippen LogP contribution in [0, 0.1) is 6.92 Å². The summed E-state index contributed by atoms with van der Waals surface area (Å²) in [5.74, 6) is 0.0495. The summed E-state index contributed by atoms with van der Waals surface area (Å²) in [5.41, 5.74) is 0.860. The maximum absolute atomic E-state index is 12.4. The van der Waals surface area contributed by atoms with Gasteiger partial charge in [0.1, 0.15) is 4.88 Å². The number of aromatic nitrogens is 1. The largest absolute Gasteiger partial charge is 0.347 e. The molecule has 1 aliphatic rings. The first kappa shape index (κ1) is 14.5. The highest BCUT2D eigenvalue weighted by atomic mass is 32.1. The number of hydrogen-bond donors (Lipinski definition) is 1. The second-order valence-electron chi connectivity index (χ2n) is 5.42. The van der Waals surface area contributed by atoms with Gasteiger partial charge in [-0.3, -0.25) is 4.79 Å². The molecule has 2 atom stereocenters. The Morgan fingerprint density at radius 2 is 2.21 bits per heavy atom. The van der Waals surface area contributed by atoms with Crippen LogP contribution in [0.15, 0.2) is 0 Å². The van der Waals surface area contributed by atoms with Crippen LogP contribution in [0.3, 0.4) is 0 Å². The third kappa shape index (κ3) is 3.15. The van der Waals surface area contributed by atoms with Crippen LogP contribution < -0.4 is 5.32 Å². The first-order valence-electron chi connectivity index (χ1n) is 6.96. The fourth-order valence-electron chi connectivity index (χ4n) is 2.78. The fraction of sp³-hybridized carbons (Fsp3) is 0.714. The summed E-state index contributed by atoms with van der Waals surface area (Å²) in [6, 6.07) is 0.733. The van der Waals surface area contributed by atoms with Gasteiger partial charge in [0.05, 0.1) is 10.7 Å². The SMILES string of the molecule is CCc1nc(C)c(C(=O)N[C@@H]2CCC[C@H]2N(C)C)s1. The smallest absolute Gasteiger partial charge is 0.263 e. The van der Waals surface area contributed by atoms with Gasteiger partial charge in [0.2, 0.25) is 0 Å². The summed E-state index contributed by atoms with van der Waals surface area (Å²) in [4.78, 5) is 19.8. The molecule has 1 fully saturated rings. The van der Waals surface area contributed by atoms with Crippen LogP contribution in [0.4, 0.5) is 0 Å². The van der Waals surface area contributed by atoms with E-state index in [4.69, 9.17) is 0 Å². The Morgan fingerprint density at radius 1 is 1.47 bits per heavy atom. The summed E-state index contributed by atoms with van der Waals surface area (Å²) >= 11 is 1.52. The molecule has 0 radical (unpaired) electrons. The molecule has 5 heteroatoms. The zero-order valence-electron chi connectivity index (χ0n) is 12.2. The third-order valence-corrected chi connectivity index (χ3v) is 5.11. The lowest BCUT2D eigenvalue weighted by Crippen LogP contribution is -2.46. The summed E-state index contributed by atoms with van der Waals surface area (Å²) < 4.78 is 0. The normalized spacial score (nSPS) is 23.0. The number of aryl methyl sites for hydroxylation is 2. The molecule has 2 rings (SSSR count). The van der Waals surface area contributed by atoms with Crippen molar-refractivity contribution in [2.24, 2.45) is 0 Å². The maximum atomic E-state index is 12.4. The number of amides is 1. The van der Waals surface area contributed by atoms with Gasteiger partial charge in [-0.2, -0.15) is 0 Å². The van der Waals surface area contributed by atoms with Gasteiger partial charge < -0.3 is 10.2 Å². The summed E-state index contributed by atoms with van der Waals surface area (Å²) in [6.07, 6.45) is 4.32. The molecule has 0 aromatic carbocycles. The molecule has 1 heterocycles. The van der Waals surface area contributed by atoms with Crippen molar-refractivity contribution in [3.8, 4) is 0 Å². The minimum atomic E-state index is 0.0495. The van der Waals surface area contributed by atoms with Crippen LogP contribution in [0.25, 0.3) is 0 Å². The number of carbonyl (C=O) groups is 1. The Hall–Kier alpha value is -0.940. The number of thiazole rings is 1. The van der Waals surface area contributed by atoms with E-state index >= 15 is 0 Å². The number of rotatable bonds is 4. The summed E-state index contributed by atoms with van der Waals surface area (Å²) in [6.45, 7) is 3.99. The molecule has 0 aliphatic heterocycles. The van der Waals surface area contributed by atoms with Crippen molar-refractivity contribution in [2.75, 3.05) is 14.1 Å². The maximum Gasteiger partial charge on any atom is 0.263 e. The van der Waals surface area contributed by atoms with Gasteiger partial charge >= 0.3 is 0 Å². The van der Waals surface area contributed by atoms with Crippen molar-refractivity contribution < 1.29 is 4.79 Å². The Balaban J connectivity index is 2.06. The molecular formula is C14H23N3OS. The van der Waals surface area contributed by atoms with Crippen molar-refractivity contribution in [2.45, 2.75) is 51.6 Å². The topological polar surface area (TPSA) is 45.2 Å². The number of likely N-dealkylation sites (N-methyl/N-ethyl adjacent to an activating group) is 1. The van der Waals surface area contributed by atoms with Gasteiger partial charge in [-0.1, -0.05) is 6.92 Å². The molecule has 19 heavy (non-hydrogen) atoms. The highest BCUT2D eigenvalue weighted by Crippen LogP contribution is 2.24. The molecular weight excluding hydrogens is 258 g/mol. The van der Waals surface area contributed by atoms with Gasteiger partial charge in [-0.05, 0) is 46.7 Å². The fourth-order valence-corrected chi connectivity index (χ4v) is 3.68. The number of hydrogen-bond acceptors (Lipinski definition) is 4. The Bertz CT molecular complexity index is 456. The zero-order valence-corrected chi connectivity index (χ0v) is 13.0. The summed E-state index contributed by atoms with van der Waals surface area (Å²) in [7, 11) is 4.17. The van der Waals surface area contributed by atoms with Crippen LogP contribution in [-0.4, -0.2) is 42.0 Å². The average molecular weight is 281 g/mol. The molecule has 1 N–H and O–H groups in total. The van der Waals surface area contributed by atoms with E-state index in [2.05, 4.69) is 36.2 Å². The van der Waals surface area contributed by atoms with Gasteiger partial charge in [0.15, 0.2) is 0 Å². The van der Waals surface area contributed by atoms with Crippen molar-refractivity contribution in [3.63, 3.8) is 0 Å². The van der Waals surface area contributed by atoms with Gasteiger partial charge in [-0.25, -0.2) is 4.98 Å². The van der Waals surface area contributed by atoms with E-state index in [1.54, 1.807) is 0 Å². The molecule has 0 bridgehead atoms. The average Bonchev–Trinajstić information content (AvgIpc) is 2.95.